The summed E-state index contributed by atoms with van der Waals surface area (Å²) in [6.45, 7) is 2.54. The molecule has 1 aromatic heterocycles. The monoisotopic (exact) mass is 343 g/mol. The van der Waals surface area contributed by atoms with Gasteiger partial charge in [0.1, 0.15) is 0 Å². The molecule has 0 fully saturated rings. The molecule has 0 aliphatic rings. The lowest BCUT2D eigenvalue weighted by Crippen LogP contribution is -2.34. The lowest BCUT2D eigenvalue weighted by molar-refractivity contribution is -0.116. The van der Waals surface area contributed by atoms with E-state index in [9.17, 15) is 9.59 Å². The lowest BCUT2D eigenvalue weighted by atomic mass is 10.2. The third kappa shape index (κ3) is 5.85. The minimum absolute atomic E-state index is 0.214. The number of halogens is 1. The second kappa shape index (κ2) is 8.84. The van der Waals surface area contributed by atoms with E-state index in [-0.39, 0.29) is 11.8 Å². The number of rotatable bonds is 6. The van der Waals surface area contributed by atoms with Crippen molar-refractivity contribution >= 4 is 29.5 Å². The fraction of sp³-hybridized carbons (Fsp3) is 0.167. The van der Waals surface area contributed by atoms with Crippen molar-refractivity contribution in [1.29, 1.82) is 0 Å². The average Bonchev–Trinajstić information content (AvgIpc) is 2.58. The highest BCUT2D eigenvalue weighted by Gasteiger charge is 2.04. The zero-order valence-electron chi connectivity index (χ0n) is 13.3. The predicted molar refractivity (Wildman–Crippen MR) is 94.8 cm³/mol. The molecule has 0 saturated carbocycles. The van der Waals surface area contributed by atoms with Crippen molar-refractivity contribution in [1.82, 2.24) is 15.6 Å². The van der Waals surface area contributed by atoms with Gasteiger partial charge in [-0.1, -0.05) is 23.7 Å². The molecule has 2 amide bonds. The summed E-state index contributed by atoms with van der Waals surface area (Å²) >= 11 is 5.79. The predicted octanol–water partition coefficient (Wildman–Crippen LogP) is 2.60. The van der Waals surface area contributed by atoms with Gasteiger partial charge in [-0.05, 0) is 42.8 Å². The molecule has 5 nitrogen and oxygen atoms in total. The highest BCUT2D eigenvalue weighted by atomic mass is 35.5. The molecule has 0 spiro atoms. The fourth-order valence-electron chi connectivity index (χ4n) is 1.87. The summed E-state index contributed by atoms with van der Waals surface area (Å²) in [7, 11) is 0. The third-order valence-corrected chi connectivity index (χ3v) is 3.43. The van der Waals surface area contributed by atoms with Crippen LogP contribution in [0.2, 0.25) is 5.02 Å². The number of hydrogen-bond donors (Lipinski definition) is 2. The Morgan fingerprint density at radius 1 is 1.08 bits per heavy atom. The third-order valence-electron chi connectivity index (χ3n) is 3.18. The number of benzene rings is 1. The highest BCUT2D eigenvalue weighted by molar-refractivity contribution is 6.30. The molecule has 0 atom stereocenters. The Morgan fingerprint density at radius 3 is 2.46 bits per heavy atom. The summed E-state index contributed by atoms with van der Waals surface area (Å²) in [5.74, 6) is -0.440. The van der Waals surface area contributed by atoms with Crippen molar-refractivity contribution in [2.75, 3.05) is 13.1 Å². The Balaban J connectivity index is 1.69. The van der Waals surface area contributed by atoms with Gasteiger partial charge >= 0.3 is 0 Å². The van der Waals surface area contributed by atoms with E-state index in [1.165, 1.54) is 12.3 Å². The molecule has 0 unspecified atom stereocenters. The number of aromatic nitrogens is 1. The minimum Gasteiger partial charge on any atom is -0.351 e. The first-order valence-electron chi connectivity index (χ1n) is 7.47. The Morgan fingerprint density at radius 2 is 1.79 bits per heavy atom. The van der Waals surface area contributed by atoms with Crippen LogP contribution in [-0.4, -0.2) is 29.9 Å². The molecule has 0 saturated heterocycles. The molecule has 6 heteroatoms. The van der Waals surface area contributed by atoms with Gasteiger partial charge in [-0.3, -0.25) is 14.6 Å². The SMILES string of the molecule is Cc1ccc(C(=O)NCCNC(=O)/C=C/c2ccc(Cl)cc2)cn1. The largest absolute Gasteiger partial charge is 0.351 e. The van der Waals surface area contributed by atoms with Crippen molar-refractivity contribution in [2.45, 2.75) is 6.92 Å². The highest BCUT2D eigenvalue weighted by Crippen LogP contribution is 2.10. The fourth-order valence-corrected chi connectivity index (χ4v) is 2.00. The first-order valence-corrected chi connectivity index (χ1v) is 7.85. The van der Waals surface area contributed by atoms with Crippen molar-refractivity contribution in [3.63, 3.8) is 0 Å². The van der Waals surface area contributed by atoms with E-state index < -0.39 is 0 Å². The molecule has 2 aromatic rings. The summed E-state index contributed by atoms with van der Waals surface area (Å²) in [4.78, 5) is 27.6. The van der Waals surface area contributed by atoms with E-state index >= 15 is 0 Å². The minimum atomic E-state index is -0.226. The van der Waals surface area contributed by atoms with Crippen LogP contribution in [0.4, 0.5) is 0 Å². The number of hydrogen-bond acceptors (Lipinski definition) is 3. The molecular formula is C18H18ClN3O2. The number of nitrogens with zero attached hydrogens (tertiary/aromatic N) is 1. The van der Waals surface area contributed by atoms with Crippen LogP contribution in [0.3, 0.4) is 0 Å². The summed E-state index contributed by atoms with van der Waals surface area (Å²) in [5, 5.41) is 6.07. The summed E-state index contributed by atoms with van der Waals surface area (Å²) in [6.07, 6.45) is 4.66. The van der Waals surface area contributed by atoms with E-state index in [1.807, 2.05) is 19.1 Å². The van der Waals surface area contributed by atoms with Gasteiger partial charge in [0.25, 0.3) is 5.91 Å². The molecule has 0 radical (unpaired) electrons. The van der Waals surface area contributed by atoms with E-state index in [0.29, 0.717) is 23.7 Å². The van der Waals surface area contributed by atoms with Gasteiger partial charge in [0.15, 0.2) is 0 Å². The maximum absolute atomic E-state index is 11.9. The van der Waals surface area contributed by atoms with Crippen LogP contribution in [-0.2, 0) is 4.79 Å². The van der Waals surface area contributed by atoms with Crippen LogP contribution in [0.15, 0.2) is 48.7 Å². The van der Waals surface area contributed by atoms with E-state index in [0.717, 1.165) is 11.3 Å². The zero-order chi connectivity index (χ0) is 17.4. The van der Waals surface area contributed by atoms with E-state index in [4.69, 9.17) is 11.6 Å². The number of carbonyl (C=O) groups excluding carboxylic acids is 2. The molecule has 2 rings (SSSR count). The Kier molecular flexibility index (Phi) is 6.51. The zero-order valence-corrected chi connectivity index (χ0v) is 14.0. The molecule has 0 aliphatic carbocycles. The second-order valence-corrected chi connectivity index (χ2v) is 5.56. The quantitative estimate of drug-likeness (QED) is 0.625. The van der Waals surface area contributed by atoms with Crippen molar-refractivity contribution in [2.24, 2.45) is 0 Å². The summed E-state index contributed by atoms with van der Waals surface area (Å²) < 4.78 is 0. The number of pyridine rings is 1. The smallest absolute Gasteiger partial charge is 0.252 e. The number of nitrogens with one attached hydrogen (secondary N) is 2. The molecular weight excluding hydrogens is 326 g/mol. The summed E-state index contributed by atoms with van der Waals surface area (Å²) in [5.41, 5.74) is 2.23. The second-order valence-electron chi connectivity index (χ2n) is 5.12. The van der Waals surface area contributed by atoms with Crippen LogP contribution < -0.4 is 10.6 Å². The van der Waals surface area contributed by atoms with Crippen molar-refractivity contribution in [3.8, 4) is 0 Å². The van der Waals surface area contributed by atoms with Crippen LogP contribution >= 0.6 is 11.6 Å². The van der Waals surface area contributed by atoms with Gasteiger partial charge < -0.3 is 10.6 Å². The molecule has 24 heavy (non-hydrogen) atoms. The average molecular weight is 344 g/mol. The molecule has 1 heterocycles. The van der Waals surface area contributed by atoms with Gasteiger partial charge in [0.05, 0.1) is 5.56 Å². The van der Waals surface area contributed by atoms with E-state index in [1.54, 1.807) is 30.3 Å². The van der Waals surface area contributed by atoms with Gasteiger partial charge in [-0.15, -0.1) is 0 Å². The van der Waals surface area contributed by atoms with Gasteiger partial charge in [-0.2, -0.15) is 0 Å². The van der Waals surface area contributed by atoms with Gasteiger partial charge in [0, 0.05) is 36.1 Å². The summed E-state index contributed by atoms with van der Waals surface area (Å²) in [6, 6.07) is 10.6. The van der Waals surface area contributed by atoms with Crippen molar-refractivity contribution < 1.29 is 9.59 Å². The Bertz CT molecular complexity index is 725. The van der Waals surface area contributed by atoms with Crippen LogP contribution in [0.5, 0.6) is 0 Å². The maximum Gasteiger partial charge on any atom is 0.252 e. The van der Waals surface area contributed by atoms with Crippen LogP contribution in [0.1, 0.15) is 21.6 Å². The molecule has 2 N–H and O–H groups in total. The standard InChI is InChI=1S/C18H18ClN3O2/c1-13-2-6-15(12-22-13)18(24)21-11-10-20-17(23)9-5-14-3-7-16(19)8-4-14/h2-9,12H,10-11H2,1H3,(H,20,23)(H,21,24)/b9-5+. The van der Waals surface area contributed by atoms with E-state index in [2.05, 4.69) is 15.6 Å². The van der Waals surface area contributed by atoms with Crippen LogP contribution in [0.25, 0.3) is 6.08 Å². The van der Waals surface area contributed by atoms with Gasteiger partial charge in [0.2, 0.25) is 5.91 Å². The topological polar surface area (TPSA) is 71.1 Å². The Labute approximate surface area is 145 Å². The molecule has 124 valence electrons. The Hall–Kier alpha value is -2.66. The molecule has 0 aliphatic heterocycles. The number of aryl methyl sites for hydroxylation is 1. The van der Waals surface area contributed by atoms with Crippen molar-refractivity contribution in [3.05, 3.63) is 70.5 Å². The van der Waals surface area contributed by atoms with Gasteiger partial charge in [-0.25, -0.2) is 0 Å². The molecule has 1 aromatic carbocycles. The number of carbonyl (C=O) groups is 2. The lowest BCUT2D eigenvalue weighted by Gasteiger charge is -2.05. The number of amides is 2. The normalized spacial score (nSPS) is 10.6. The first kappa shape index (κ1) is 17.7. The molecule has 0 bridgehead atoms. The van der Waals surface area contributed by atoms with Crippen LogP contribution in [0, 0.1) is 6.92 Å². The maximum atomic E-state index is 11.9. The first-order chi connectivity index (χ1) is 11.5.